The molecule has 0 aliphatic heterocycles. The number of carbonyl (C=O) groups is 1. The molecule has 0 aliphatic rings. The highest BCUT2D eigenvalue weighted by molar-refractivity contribution is 5.90. The summed E-state index contributed by atoms with van der Waals surface area (Å²) in [6.07, 6.45) is 3.72. The number of benzene rings is 1. The third-order valence-corrected chi connectivity index (χ3v) is 4.06. The smallest absolute Gasteiger partial charge is 0.415 e. The predicted octanol–water partition coefficient (Wildman–Crippen LogP) is 3.81. The second-order valence-electron chi connectivity index (χ2n) is 6.34. The van der Waals surface area contributed by atoms with Gasteiger partial charge in [-0.2, -0.15) is 9.97 Å². The van der Waals surface area contributed by atoms with Crippen LogP contribution in [-0.4, -0.2) is 34.2 Å². The molecule has 164 valence electrons. The number of rotatable bonds is 11. The van der Waals surface area contributed by atoms with Crippen LogP contribution in [0.25, 0.3) is 0 Å². The van der Waals surface area contributed by atoms with Crippen molar-refractivity contribution in [3.8, 4) is 6.01 Å². The van der Waals surface area contributed by atoms with Crippen molar-refractivity contribution < 1.29 is 19.2 Å². The van der Waals surface area contributed by atoms with Gasteiger partial charge in [0.25, 0.3) is 0 Å². The van der Waals surface area contributed by atoms with Crippen LogP contribution in [-0.2, 0) is 17.7 Å². The van der Waals surface area contributed by atoms with E-state index < -0.39 is 22.5 Å². The monoisotopic (exact) mass is 427 g/mol. The number of ether oxygens (including phenoxy) is 2. The van der Waals surface area contributed by atoms with Gasteiger partial charge < -0.3 is 15.2 Å². The van der Waals surface area contributed by atoms with Crippen molar-refractivity contribution in [2.75, 3.05) is 23.8 Å². The van der Waals surface area contributed by atoms with Gasteiger partial charge >= 0.3 is 17.8 Å². The molecule has 1 aromatic carbocycles. The largest absolute Gasteiger partial charge is 0.463 e. The lowest BCUT2D eigenvalue weighted by molar-refractivity contribution is -0.383. The Kier molecular flexibility index (Phi) is 8.50. The maximum Gasteiger partial charge on any atom is 0.415 e. The Balaban J connectivity index is 2.54. The van der Waals surface area contributed by atoms with Gasteiger partial charge in [-0.05, 0) is 30.9 Å². The lowest BCUT2D eigenvalue weighted by atomic mass is 10.1. The lowest BCUT2D eigenvalue weighted by Gasteiger charge is -2.21. The number of nitrogen functional groups attached to an aromatic ring is 1. The van der Waals surface area contributed by atoms with Crippen molar-refractivity contribution >= 4 is 23.4 Å². The Morgan fingerprint density at radius 3 is 2.68 bits per heavy atom. The third-order valence-electron chi connectivity index (χ3n) is 4.06. The van der Waals surface area contributed by atoms with E-state index in [9.17, 15) is 14.9 Å². The predicted molar refractivity (Wildman–Crippen MR) is 117 cm³/mol. The topological polar surface area (TPSA) is 134 Å². The number of amides is 1. The van der Waals surface area contributed by atoms with E-state index >= 15 is 0 Å². The number of aromatic nitrogens is 2. The molecule has 0 unspecified atom stereocenters. The van der Waals surface area contributed by atoms with E-state index in [0.717, 1.165) is 10.5 Å². The average Bonchev–Trinajstić information content (AvgIpc) is 2.72. The quantitative estimate of drug-likeness (QED) is 0.248. The molecule has 10 nitrogen and oxygen atoms in total. The van der Waals surface area contributed by atoms with Crippen LogP contribution in [0.5, 0.6) is 6.01 Å². The summed E-state index contributed by atoms with van der Waals surface area (Å²) in [6.45, 7) is 9.18. The molecule has 10 heteroatoms. The SMILES string of the molecule is C=CCCOc1nc(N)c([N+](=O)[O-])c(N(Cc2cccc(CC=C)c2)C(=O)OCC)n1. The summed E-state index contributed by atoms with van der Waals surface area (Å²) in [5.41, 5.74) is 6.90. The van der Waals surface area contributed by atoms with E-state index in [2.05, 4.69) is 23.1 Å². The fourth-order valence-corrected chi connectivity index (χ4v) is 2.73. The molecule has 1 amide bonds. The minimum absolute atomic E-state index is 0.0345. The standard InChI is InChI=1S/C21H25N5O5/c1-4-7-12-31-20-23-18(22)17(26(28)29)19(24-20)25(21(27)30-6-3)14-16-11-8-10-15(13-16)9-5-2/h4-5,8,10-11,13H,1-2,6-7,9,12,14H2,3H3,(H2,22,23,24). The van der Waals surface area contributed by atoms with Gasteiger partial charge in [0.05, 0.1) is 24.7 Å². The van der Waals surface area contributed by atoms with Crippen LogP contribution in [0.1, 0.15) is 24.5 Å². The van der Waals surface area contributed by atoms with Gasteiger partial charge in [0.1, 0.15) is 0 Å². The fraction of sp³-hybridized carbons (Fsp3) is 0.286. The molecule has 0 atom stereocenters. The molecule has 1 heterocycles. The van der Waals surface area contributed by atoms with Crippen molar-refractivity contribution in [1.29, 1.82) is 0 Å². The summed E-state index contributed by atoms with van der Waals surface area (Å²) in [5.74, 6) is -0.725. The maximum atomic E-state index is 12.7. The molecule has 1 aromatic heterocycles. The second-order valence-corrected chi connectivity index (χ2v) is 6.34. The molecular weight excluding hydrogens is 402 g/mol. The van der Waals surface area contributed by atoms with Gasteiger partial charge in [-0.3, -0.25) is 15.0 Å². The molecule has 0 spiro atoms. The van der Waals surface area contributed by atoms with Crippen LogP contribution in [0.4, 0.5) is 22.1 Å². The average molecular weight is 427 g/mol. The van der Waals surface area contributed by atoms with Crippen LogP contribution in [0.15, 0.2) is 49.6 Å². The van der Waals surface area contributed by atoms with Crippen molar-refractivity contribution in [3.63, 3.8) is 0 Å². The molecule has 0 saturated carbocycles. The van der Waals surface area contributed by atoms with Crippen molar-refractivity contribution in [2.45, 2.75) is 26.3 Å². The van der Waals surface area contributed by atoms with Gasteiger partial charge in [-0.25, -0.2) is 4.79 Å². The Bertz CT molecular complexity index is 963. The summed E-state index contributed by atoms with van der Waals surface area (Å²) in [5, 5.41) is 11.7. The summed E-state index contributed by atoms with van der Waals surface area (Å²) >= 11 is 0. The number of hydrogen-bond donors (Lipinski definition) is 1. The number of hydrogen-bond acceptors (Lipinski definition) is 8. The normalized spacial score (nSPS) is 10.2. The van der Waals surface area contributed by atoms with Gasteiger partial charge in [0.2, 0.25) is 11.6 Å². The molecular formula is C21H25N5O5. The zero-order chi connectivity index (χ0) is 22.8. The molecule has 0 bridgehead atoms. The van der Waals surface area contributed by atoms with Gasteiger partial charge in [0.15, 0.2) is 0 Å². The fourth-order valence-electron chi connectivity index (χ4n) is 2.73. The summed E-state index contributed by atoms with van der Waals surface area (Å²) < 4.78 is 10.5. The highest BCUT2D eigenvalue weighted by atomic mass is 16.6. The van der Waals surface area contributed by atoms with E-state index in [-0.39, 0.29) is 31.6 Å². The van der Waals surface area contributed by atoms with E-state index in [1.165, 1.54) is 0 Å². The summed E-state index contributed by atoms with van der Waals surface area (Å²) in [4.78, 5) is 32.7. The molecule has 0 radical (unpaired) electrons. The van der Waals surface area contributed by atoms with Gasteiger partial charge in [0, 0.05) is 0 Å². The highest BCUT2D eigenvalue weighted by Gasteiger charge is 2.32. The van der Waals surface area contributed by atoms with Crippen LogP contribution in [0.3, 0.4) is 0 Å². The Morgan fingerprint density at radius 1 is 1.29 bits per heavy atom. The lowest BCUT2D eigenvalue weighted by Crippen LogP contribution is -2.33. The zero-order valence-corrected chi connectivity index (χ0v) is 17.3. The Labute approximate surface area is 180 Å². The number of anilines is 2. The minimum atomic E-state index is -0.810. The van der Waals surface area contributed by atoms with E-state index in [0.29, 0.717) is 18.4 Å². The van der Waals surface area contributed by atoms with Crippen molar-refractivity contribution in [3.05, 3.63) is 70.8 Å². The number of nitro groups is 1. The van der Waals surface area contributed by atoms with Gasteiger partial charge in [-0.15, -0.1) is 13.2 Å². The highest BCUT2D eigenvalue weighted by Crippen LogP contribution is 2.34. The minimum Gasteiger partial charge on any atom is -0.463 e. The zero-order valence-electron chi connectivity index (χ0n) is 17.3. The Morgan fingerprint density at radius 2 is 2.03 bits per heavy atom. The molecule has 0 fully saturated rings. The molecule has 0 saturated heterocycles. The first-order valence-electron chi connectivity index (χ1n) is 9.59. The van der Waals surface area contributed by atoms with Crippen molar-refractivity contribution in [1.82, 2.24) is 9.97 Å². The number of allylic oxidation sites excluding steroid dienone is 1. The van der Waals surface area contributed by atoms with Crippen LogP contribution >= 0.6 is 0 Å². The summed E-state index contributed by atoms with van der Waals surface area (Å²) in [6, 6.07) is 7.21. The first kappa shape index (κ1) is 23.3. The third kappa shape index (κ3) is 6.26. The molecule has 0 aliphatic carbocycles. The van der Waals surface area contributed by atoms with E-state index in [1.54, 1.807) is 25.1 Å². The van der Waals surface area contributed by atoms with Crippen LogP contribution in [0.2, 0.25) is 0 Å². The first-order valence-corrected chi connectivity index (χ1v) is 9.59. The van der Waals surface area contributed by atoms with E-state index in [4.69, 9.17) is 15.2 Å². The summed E-state index contributed by atoms with van der Waals surface area (Å²) in [7, 11) is 0. The first-order chi connectivity index (χ1) is 14.9. The molecule has 2 aromatic rings. The van der Waals surface area contributed by atoms with Crippen LogP contribution < -0.4 is 15.4 Å². The number of nitrogens with two attached hydrogens (primary N) is 1. The number of carbonyl (C=O) groups excluding carboxylic acids is 1. The molecule has 2 N–H and O–H groups in total. The van der Waals surface area contributed by atoms with E-state index in [1.807, 2.05) is 18.2 Å². The maximum absolute atomic E-state index is 12.7. The second kappa shape index (κ2) is 11.3. The molecule has 2 rings (SSSR count). The van der Waals surface area contributed by atoms with Crippen LogP contribution in [0, 0.1) is 10.1 Å². The number of nitrogens with zero attached hydrogens (tertiary/aromatic N) is 4. The Hall–Kier alpha value is -3.95. The molecule has 31 heavy (non-hydrogen) atoms. The van der Waals surface area contributed by atoms with Crippen molar-refractivity contribution in [2.24, 2.45) is 0 Å². The van der Waals surface area contributed by atoms with Gasteiger partial charge in [-0.1, -0.05) is 36.4 Å².